The maximum absolute atomic E-state index is 12.4. The molecule has 1 atom stereocenters. The molecule has 124 valence electrons. The van der Waals surface area contributed by atoms with Crippen molar-refractivity contribution < 1.29 is 9.59 Å². The van der Waals surface area contributed by atoms with E-state index < -0.39 is 5.92 Å². The summed E-state index contributed by atoms with van der Waals surface area (Å²) in [5.74, 6) is -0.743. The van der Waals surface area contributed by atoms with Crippen molar-refractivity contribution in [3.05, 3.63) is 57.5 Å². The van der Waals surface area contributed by atoms with Gasteiger partial charge < -0.3 is 10.2 Å². The molecule has 1 aliphatic rings. The molecule has 1 N–H and O–H groups in total. The van der Waals surface area contributed by atoms with Gasteiger partial charge in [-0.05, 0) is 42.5 Å². The second-order valence-electron chi connectivity index (χ2n) is 5.50. The molecule has 0 unspecified atom stereocenters. The zero-order valence-corrected chi connectivity index (χ0v) is 14.7. The molecule has 1 saturated heterocycles. The van der Waals surface area contributed by atoms with Crippen LogP contribution in [0.25, 0.3) is 0 Å². The Morgan fingerprint density at radius 1 is 1.04 bits per heavy atom. The van der Waals surface area contributed by atoms with Gasteiger partial charge in [0.1, 0.15) is 0 Å². The molecule has 24 heavy (non-hydrogen) atoms. The van der Waals surface area contributed by atoms with Gasteiger partial charge in [0.15, 0.2) is 0 Å². The monoisotopic (exact) mass is 382 g/mol. The van der Waals surface area contributed by atoms with Gasteiger partial charge in [0.2, 0.25) is 11.8 Å². The van der Waals surface area contributed by atoms with E-state index in [-0.39, 0.29) is 18.2 Å². The largest absolute Gasteiger partial charge is 0.326 e. The molecule has 4 nitrogen and oxygen atoms in total. The lowest BCUT2D eigenvalue weighted by Gasteiger charge is -2.16. The zero-order chi connectivity index (χ0) is 17.3. The van der Waals surface area contributed by atoms with Gasteiger partial charge in [-0.1, -0.05) is 34.8 Å². The number of rotatable bonds is 3. The molecule has 0 aromatic heterocycles. The van der Waals surface area contributed by atoms with E-state index in [0.29, 0.717) is 27.3 Å². The summed E-state index contributed by atoms with van der Waals surface area (Å²) in [5.41, 5.74) is 1.28. The standard InChI is InChI=1S/C17H13Cl3N2O2/c18-11-1-4-13(5-2-11)22-9-10(7-16(22)23)17(24)21-12-3-6-14(19)15(20)8-12/h1-6,8,10H,7,9H2,(H,21,24)/t10-/m0/s1. The number of anilines is 2. The zero-order valence-electron chi connectivity index (χ0n) is 12.4. The minimum absolute atomic E-state index is 0.0911. The van der Waals surface area contributed by atoms with Gasteiger partial charge in [-0.15, -0.1) is 0 Å². The van der Waals surface area contributed by atoms with Crippen LogP contribution in [0.5, 0.6) is 0 Å². The highest BCUT2D eigenvalue weighted by Crippen LogP contribution is 2.28. The molecule has 2 aromatic carbocycles. The molecule has 0 bridgehead atoms. The number of nitrogens with one attached hydrogen (secondary N) is 1. The topological polar surface area (TPSA) is 49.4 Å². The van der Waals surface area contributed by atoms with Crippen molar-refractivity contribution in [3.63, 3.8) is 0 Å². The Balaban J connectivity index is 1.69. The molecule has 3 rings (SSSR count). The summed E-state index contributed by atoms with van der Waals surface area (Å²) in [6, 6.07) is 11.8. The van der Waals surface area contributed by atoms with E-state index in [2.05, 4.69) is 5.32 Å². The van der Waals surface area contributed by atoms with E-state index in [1.807, 2.05) is 0 Å². The molecule has 0 saturated carbocycles. The van der Waals surface area contributed by atoms with Gasteiger partial charge in [0.25, 0.3) is 0 Å². The first-order valence-corrected chi connectivity index (χ1v) is 8.39. The summed E-state index contributed by atoms with van der Waals surface area (Å²) < 4.78 is 0. The van der Waals surface area contributed by atoms with Gasteiger partial charge in [0.05, 0.1) is 16.0 Å². The van der Waals surface area contributed by atoms with E-state index in [1.54, 1.807) is 47.4 Å². The molecule has 0 aliphatic carbocycles. The lowest BCUT2D eigenvalue weighted by atomic mass is 10.1. The summed E-state index contributed by atoms with van der Waals surface area (Å²) in [6.07, 6.45) is 0.162. The molecular weight excluding hydrogens is 371 g/mol. The average molecular weight is 384 g/mol. The Bertz CT molecular complexity index is 793. The number of benzene rings is 2. The number of nitrogens with zero attached hydrogens (tertiary/aromatic N) is 1. The van der Waals surface area contributed by atoms with Gasteiger partial charge in [-0.3, -0.25) is 9.59 Å². The summed E-state index contributed by atoms with van der Waals surface area (Å²) in [4.78, 5) is 26.2. The quantitative estimate of drug-likeness (QED) is 0.839. The van der Waals surface area contributed by atoms with Crippen LogP contribution in [0.15, 0.2) is 42.5 Å². The Morgan fingerprint density at radius 3 is 2.42 bits per heavy atom. The SMILES string of the molecule is O=C(Nc1ccc(Cl)c(Cl)c1)[C@H]1CC(=O)N(c2ccc(Cl)cc2)C1. The minimum atomic E-state index is -0.428. The Labute approximate surface area is 154 Å². The molecule has 2 aromatic rings. The van der Waals surface area contributed by atoms with Crippen LogP contribution in [0, 0.1) is 5.92 Å². The van der Waals surface area contributed by atoms with E-state index >= 15 is 0 Å². The highest BCUT2D eigenvalue weighted by Gasteiger charge is 2.35. The third kappa shape index (κ3) is 3.66. The first kappa shape index (κ1) is 17.1. The first-order valence-electron chi connectivity index (χ1n) is 7.26. The molecule has 0 spiro atoms. The fourth-order valence-electron chi connectivity index (χ4n) is 2.57. The predicted octanol–water partition coefficient (Wildman–Crippen LogP) is 4.64. The molecule has 1 aliphatic heterocycles. The lowest BCUT2D eigenvalue weighted by Crippen LogP contribution is -2.28. The second kappa shape index (κ2) is 7.01. The lowest BCUT2D eigenvalue weighted by molar-refractivity contribution is -0.122. The maximum Gasteiger partial charge on any atom is 0.229 e. The summed E-state index contributed by atoms with van der Waals surface area (Å²) >= 11 is 17.7. The number of hydrogen-bond acceptors (Lipinski definition) is 2. The van der Waals surface area contributed by atoms with Crippen molar-refractivity contribution >= 4 is 58.0 Å². The van der Waals surface area contributed by atoms with Crippen molar-refractivity contribution in [2.24, 2.45) is 5.92 Å². The minimum Gasteiger partial charge on any atom is -0.326 e. The van der Waals surface area contributed by atoms with Crippen LogP contribution >= 0.6 is 34.8 Å². The van der Waals surface area contributed by atoms with Crippen molar-refractivity contribution in [1.29, 1.82) is 0 Å². The van der Waals surface area contributed by atoms with E-state index in [1.165, 1.54) is 0 Å². The van der Waals surface area contributed by atoms with Crippen LogP contribution in [0.3, 0.4) is 0 Å². The Hall–Kier alpha value is -1.75. The number of halogens is 3. The molecule has 7 heteroatoms. The van der Waals surface area contributed by atoms with Crippen LogP contribution in [0.2, 0.25) is 15.1 Å². The van der Waals surface area contributed by atoms with Crippen LogP contribution in [0.4, 0.5) is 11.4 Å². The van der Waals surface area contributed by atoms with Crippen LogP contribution in [-0.2, 0) is 9.59 Å². The average Bonchev–Trinajstić information content (AvgIpc) is 2.94. The van der Waals surface area contributed by atoms with Gasteiger partial charge in [0, 0.05) is 29.4 Å². The van der Waals surface area contributed by atoms with Crippen molar-refractivity contribution in [3.8, 4) is 0 Å². The van der Waals surface area contributed by atoms with Crippen LogP contribution in [-0.4, -0.2) is 18.4 Å². The number of amides is 2. The summed E-state index contributed by atoms with van der Waals surface area (Å²) in [7, 11) is 0. The van der Waals surface area contributed by atoms with Gasteiger partial charge >= 0.3 is 0 Å². The number of carbonyl (C=O) groups excluding carboxylic acids is 2. The summed E-state index contributed by atoms with van der Waals surface area (Å²) in [5, 5.41) is 4.15. The highest BCUT2D eigenvalue weighted by molar-refractivity contribution is 6.42. The molecule has 2 amide bonds. The second-order valence-corrected chi connectivity index (χ2v) is 6.75. The molecular formula is C17H13Cl3N2O2. The third-order valence-electron chi connectivity index (χ3n) is 3.82. The van der Waals surface area contributed by atoms with Gasteiger partial charge in [-0.25, -0.2) is 0 Å². The summed E-state index contributed by atoms with van der Waals surface area (Å²) in [6.45, 7) is 0.327. The fourth-order valence-corrected chi connectivity index (χ4v) is 3.00. The van der Waals surface area contributed by atoms with E-state index in [4.69, 9.17) is 34.8 Å². The molecule has 1 heterocycles. The fraction of sp³-hybridized carbons (Fsp3) is 0.176. The number of hydrogen-bond donors (Lipinski definition) is 1. The highest BCUT2D eigenvalue weighted by atomic mass is 35.5. The number of carbonyl (C=O) groups is 2. The van der Waals surface area contributed by atoms with Crippen molar-refractivity contribution in [2.45, 2.75) is 6.42 Å². The Morgan fingerprint density at radius 2 is 1.75 bits per heavy atom. The van der Waals surface area contributed by atoms with E-state index in [0.717, 1.165) is 5.69 Å². The van der Waals surface area contributed by atoms with E-state index in [9.17, 15) is 9.59 Å². The first-order chi connectivity index (χ1) is 11.4. The Kier molecular flexibility index (Phi) is 4.99. The van der Waals surface area contributed by atoms with Gasteiger partial charge in [-0.2, -0.15) is 0 Å². The molecule has 1 fully saturated rings. The maximum atomic E-state index is 12.4. The van der Waals surface area contributed by atoms with Crippen LogP contribution < -0.4 is 10.2 Å². The van der Waals surface area contributed by atoms with Crippen LogP contribution in [0.1, 0.15) is 6.42 Å². The smallest absolute Gasteiger partial charge is 0.229 e. The third-order valence-corrected chi connectivity index (χ3v) is 4.81. The molecule has 0 radical (unpaired) electrons. The normalized spacial score (nSPS) is 17.2. The predicted molar refractivity (Wildman–Crippen MR) is 97.0 cm³/mol. The van der Waals surface area contributed by atoms with Crippen molar-refractivity contribution in [1.82, 2.24) is 0 Å². The van der Waals surface area contributed by atoms with Crippen molar-refractivity contribution in [2.75, 3.05) is 16.8 Å².